The molecule has 1 aliphatic rings. The summed E-state index contributed by atoms with van der Waals surface area (Å²) < 4.78 is 0. The first-order valence-electron chi connectivity index (χ1n) is 5.01. The van der Waals surface area contributed by atoms with Gasteiger partial charge in [-0.1, -0.05) is 6.07 Å². The Morgan fingerprint density at radius 2 is 2.20 bits per heavy atom. The molecule has 3 heteroatoms. The SMILES string of the molecule is O=C=NC1(c2ccc3[nH]ccc3c2)CC1. The number of carbonyl (C=O) groups excluding carboxylic acids is 1. The third kappa shape index (κ3) is 1.21. The van der Waals surface area contributed by atoms with Crippen molar-refractivity contribution >= 4 is 17.0 Å². The van der Waals surface area contributed by atoms with Gasteiger partial charge in [0, 0.05) is 11.7 Å². The van der Waals surface area contributed by atoms with Crippen molar-refractivity contribution in [2.24, 2.45) is 4.99 Å². The maximum atomic E-state index is 10.3. The van der Waals surface area contributed by atoms with Crippen LogP contribution < -0.4 is 0 Å². The number of nitrogens with zero attached hydrogens (tertiary/aromatic N) is 1. The predicted molar refractivity (Wildman–Crippen MR) is 57.3 cm³/mol. The molecule has 1 N–H and O–H groups in total. The molecule has 74 valence electrons. The Hall–Kier alpha value is -1.86. The van der Waals surface area contributed by atoms with Crippen LogP contribution in [0.2, 0.25) is 0 Å². The first-order chi connectivity index (χ1) is 7.34. The number of isocyanates is 1. The monoisotopic (exact) mass is 198 g/mol. The Kier molecular flexibility index (Phi) is 1.58. The van der Waals surface area contributed by atoms with E-state index in [1.165, 1.54) is 5.39 Å². The average molecular weight is 198 g/mol. The zero-order chi connectivity index (χ0) is 10.3. The number of fused-ring (bicyclic) bond motifs is 1. The van der Waals surface area contributed by atoms with Gasteiger partial charge in [0.2, 0.25) is 6.08 Å². The van der Waals surface area contributed by atoms with Crippen LogP contribution in [0.3, 0.4) is 0 Å². The van der Waals surface area contributed by atoms with Crippen LogP contribution in [-0.4, -0.2) is 11.1 Å². The Morgan fingerprint density at radius 1 is 1.33 bits per heavy atom. The van der Waals surface area contributed by atoms with Gasteiger partial charge in [0.05, 0.1) is 5.54 Å². The maximum absolute atomic E-state index is 10.3. The number of benzene rings is 1. The summed E-state index contributed by atoms with van der Waals surface area (Å²) in [6, 6.07) is 8.19. The molecule has 0 bridgehead atoms. The minimum Gasteiger partial charge on any atom is -0.361 e. The smallest absolute Gasteiger partial charge is 0.235 e. The second kappa shape index (κ2) is 2.81. The van der Waals surface area contributed by atoms with Crippen LogP contribution in [0.1, 0.15) is 18.4 Å². The molecular weight excluding hydrogens is 188 g/mol. The highest BCUT2D eigenvalue weighted by molar-refractivity contribution is 5.80. The van der Waals surface area contributed by atoms with E-state index >= 15 is 0 Å². The van der Waals surface area contributed by atoms with E-state index in [9.17, 15) is 4.79 Å². The molecule has 1 heterocycles. The highest BCUT2D eigenvalue weighted by Crippen LogP contribution is 2.49. The van der Waals surface area contributed by atoms with Crippen molar-refractivity contribution in [2.45, 2.75) is 18.4 Å². The normalized spacial score (nSPS) is 17.3. The van der Waals surface area contributed by atoms with Gasteiger partial charge in [-0.05, 0) is 42.0 Å². The predicted octanol–water partition coefficient (Wildman–Crippen LogP) is 2.49. The van der Waals surface area contributed by atoms with Gasteiger partial charge in [-0.3, -0.25) is 0 Å². The van der Waals surface area contributed by atoms with Crippen LogP contribution in [0.25, 0.3) is 10.9 Å². The second-order valence-electron chi connectivity index (χ2n) is 4.01. The second-order valence-corrected chi connectivity index (χ2v) is 4.01. The van der Waals surface area contributed by atoms with E-state index in [1.807, 2.05) is 24.4 Å². The summed E-state index contributed by atoms with van der Waals surface area (Å²) in [4.78, 5) is 17.4. The van der Waals surface area contributed by atoms with Crippen molar-refractivity contribution in [3.8, 4) is 0 Å². The van der Waals surface area contributed by atoms with Gasteiger partial charge in [-0.2, -0.15) is 4.99 Å². The lowest BCUT2D eigenvalue weighted by atomic mass is 10.0. The largest absolute Gasteiger partial charge is 0.361 e. The number of aromatic amines is 1. The molecule has 0 unspecified atom stereocenters. The summed E-state index contributed by atoms with van der Waals surface area (Å²) in [6.07, 6.45) is 5.50. The molecule has 1 aromatic heterocycles. The zero-order valence-corrected chi connectivity index (χ0v) is 8.16. The molecule has 0 amide bonds. The number of aliphatic imine (C=N–C) groups is 1. The molecule has 0 aliphatic heterocycles. The Morgan fingerprint density at radius 3 is 2.93 bits per heavy atom. The first kappa shape index (κ1) is 8.45. The van der Waals surface area contributed by atoms with E-state index in [0.717, 1.165) is 23.9 Å². The fraction of sp³-hybridized carbons (Fsp3) is 0.250. The topological polar surface area (TPSA) is 45.2 Å². The van der Waals surface area contributed by atoms with E-state index in [0.29, 0.717) is 0 Å². The summed E-state index contributed by atoms with van der Waals surface area (Å²) in [6.45, 7) is 0. The molecule has 0 spiro atoms. The minimum atomic E-state index is -0.257. The number of rotatable bonds is 2. The van der Waals surface area contributed by atoms with E-state index in [1.54, 1.807) is 6.08 Å². The Labute approximate surface area is 86.8 Å². The van der Waals surface area contributed by atoms with E-state index < -0.39 is 0 Å². The van der Waals surface area contributed by atoms with Crippen molar-refractivity contribution in [2.75, 3.05) is 0 Å². The van der Waals surface area contributed by atoms with Crippen molar-refractivity contribution in [1.29, 1.82) is 0 Å². The minimum absolute atomic E-state index is 0.257. The van der Waals surface area contributed by atoms with Gasteiger partial charge in [0.25, 0.3) is 0 Å². The number of nitrogens with one attached hydrogen (secondary N) is 1. The molecule has 0 atom stereocenters. The Bertz CT molecular complexity index is 560. The highest BCUT2D eigenvalue weighted by Gasteiger charge is 2.44. The van der Waals surface area contributed by atoms with Crippen molar-refractivity contribution in [3.63, 3.8) is 0 Å². The summed E-state index contributed by atoms with van der Waals surface area (Å²) in [5.74, 6) is 0. The summed E-state index contributed by atoms with van der Waals surface area (Å²) in [5, 5.41) is 1.17. The summed E-state index contributed by atoms with van der Waals surface area (Å²) >= 11 is 0. The lowest BCUT2D eigenvalue weighted by Gasteiger charge is -2.07. The molecule has 1 saturated carbocycles. The van der Waals surface area contributed by atoms with Gasteiger partial charge >= 0.3 is 0 Å². The first-order valence-corrected chi connectivity index (χ1v) is 5.01. The van der Waals surface area contributed by atoms with Crippen LogP contribution in [0, 0.1) is 0 Å². The third-order valence-electron chi connectivity index (χ3n) is 3.07. The van der Waals surface area contributed by atoms with Crippen molar-refractivity contribution in [3.05, 3.63) is 36.0 Å². The van der Waals surface area contributed by atoms with Gasteiger partial charge in [-0.15, -0.1) is 0 Å². The molecule has 2 aromatic rings. The molecular formula is C12H10N2O. The van der Waals surface area contributed by atoms with Gasteiger partial charge in [0.15, 0.2) is 0 Å². The molecule has 0 radical (unpaired) electrons. The van der Waals surface area contributed by atoms with Crippen LogP contribution in [-0.2, 0) is 10.3 Å². The van der Waals surface area contributed by atoms with Gasteiger partial charge in [-0.25, -0.2) is 4.79 Å². The van der Waals surface area contributed by atoms with Crippen LogP contribution in [0.15, 0.2) is 35.5 Å². The molecule has 0 saturated heterocycles. The molecule has 3 rings (SSSR count). The number of aromatic nitrogens is 1. The van der Waals surface area contributed by atoms with Crippen LogP contribution >= 0.6 is 0 Å². The Balaban J connectivity index is 2.15. The number of hydrogen-bond donors (Lipinski definition) is 1. The number of hydrogen-bond acceptors (Lipinski definition) is 2. The molecule has 1 aromatic carbocycles. The summed E-state index contributed by atoms with van der Waals surface area (Å²) in [7, 11) is 0. The zero-order valence-electron chi connectivity index (χ0n) is 8.16. The van der Waals surface area contributed by atoms with E-state index in [4.69, 9.17) is 0 Å². The number of H-pyrrole nitrogens is 1. The van der Waals surface area contributed by atoms with E-state index in [-0.39, 0.29) is 5.54 Å². The fourth-order valence-electron chi connectivity index (χ4n) is 2.01. The van der Waals surface area contributed by atoms with E-state index in [2.05, 4.69) is 16.0 Å². The lowest BCUT2D eigenvalue weighted by molar-refractivity contribution is 0.556. The highest BCUT2D eigenvalue weighted by atomic mass is 16.1. The van der Waals surface area contributed by atoms with Crippen molar-refractivity contribution < 1.29 is 4.79 Å². The fourth-order valence-corrected chi connectivity index (χ4v) is 2.01. The summed E-state index contributed by atoms with van der Waals surface area (Å²) in [5.41, 5.74) is 1.98. The quantitative estimate of drug-likeness (QED) is 0.584. The average Bonchev–Trinajstić information content (AvgIpc) is 2.89. The van der Waals surface area contributed by atoms with Crippen molar-refractivity contribution in [1.82, 2.24) is 4.98 Å². The van der Waals surface area contributed by atoms with Gasteiger partial charge in [0.1, 0.15) is 0 Å². The third-order valence-corrected chi connectivity index (χ3v) is 3.07. The molecule has 1 fully saturated rings. The van der Waals surface area contributed by atoms with Crippen LogP contribution in [0.5, 0.6) is 0 Å². The lowest BCUT2D eigenvalue weighted by Crippen LogP contribution is -2.01. The molecule has 15 heavy (non-hydrogen) atoms. The standard InChI is InChI=1S/C12H10N2O/c15-8-14-12(4-5-12)10-1-2-11-9(7-10)3-6-13-11/h1-3,6-7,13H,4-5H2. The molecule has 3 nitrogen and oxygen atoms in total. The maximum Gasteiger partial charge on any atom is 0.235 e. The molecule has 1 aliphatic carbocycles. The van der Waals surface area contributed by atoms with Crippen LogP contribution in [0.4, 0.5) is 0 Å². The van der Waals surface area contributed by atoms with Gasteiger partial charge < -0.3 is 4.98 Å².